The molecule has 0 saturated carbocycles. The molecule has 0 aliphatic carbocycles. The standard InChI is InChI=1S/C14H15F2NO3/c1-4-20-13(18)8-12(17(2)3)14(19)10-6-5-9(15)7-11(10)16/h5-8H,4H2,1-3H3/b12-8-. The molecule has 1 aromatic rings. The molecule has 0 spiro atoms. The molecular formula is C14H15F2NO3. The summed E-state index contributed by atoms with van der Waals surface area (Å²) in [6, 6.07) is 2.63. The lowest BCUT2D eigenvalue weighted by molar-refractivity contribution is -0.137. The molecule has 1 aromatic carbocycles. The van der Waals surface area contributed by atoms with E-state index in [0.29, 0.717) is 6.07 Å². The zero-order chi connectivity index (χ0) is 15.3. The third-order valence-electron chi connectivity index (χ3n) is 2.43. The summed E-state index contributed by atoms with van der Waals surface area (Å²) in [6.07, 6.45) is 0.981. The van der Waals surface area contributed by atoms with Crippen molar-refractivity contribution < 1.29 is 23.1 Å². The number of Topliss-reactive ketones (excluding diaryl/α,β-unsaturated/α-hetero) is 1. The first-order valence-corrected chi connectivity index (χ1v) is 5.92. The third kappa shape index (κ3) is 3.88. The molecular weight excluding hydrogens is 268 g/mol. The maximum atomic E-state index is 13.6. The van der Waals surface area contributed by atoms with E-state index in [0.717, 1.165) is 18.2 Å². The summed E-state index contributed by atoms with van der Waals surface area (Å²) in [5.41, 5.74) is -0.357. The highest BCUT2D eigenvalue weighted by Crippen LogP contribution is 2.15. The van der Waals surface area contributed by atoms with E-state index in [1.165, 1.54) is 19.0 Å². The van der Waals surface area contributed by atoms with Gasteiger partial charge in [0.15, 0.2) is 0 Å². The van der Waals surface area contributed by atoms with Crippen molar-refractivity contribution in [2.24, 2.45) is 0 Å². The monoisotopic (exact) mass is 283 g/mol. The Morgan fingerprint density at radius 1 is 1.30 bits per heavy atom. The molecule has 0 fully saturated rings. The zero-order valence-electron chi connectivity index (χ0n) is 11.4. The Labute approximate surface area is 115 Å². The van der Waals surface area contributed by atoms with Crippen LogP contribution in [0.1, 0.15) is 17.3 Å². The summed E-state index contributed by atoms with van der Waals surface area (Å²) >= 11 is 0. The maximum Gasteiger partial charge on any atom is 0.332 e. The average Bonchev–Trinajstić information content (AvgIpc) is 2.35. The number of ketones is 1. The van der Waals surface area contributed by atoms with Gasteiger partial charge in [0, 0.05) is 20.2 Å². The predicted molar refractivity (Wildman–Crippen MR) is 69.1 cm³/mol. The minimum atomic E-state index is -0.980. The van der Waals surface area contributed by atoms with Crippen LogP contribution in [0.3, 0.4) is 0 Å². The van der Waals surface area contributed by atoms with Crippen molar-refractivity contribution in [2.75, 3.05) is 20.7 Å². The minimum Gasteiger partial charge on any atom is -0.463 e. The largest absolute Gasteiger partial charge is 0.463 e. The second-order valence-corrected chi connectivity index (χ2v) is 4.13. The number of hydrogen-bond donors (Lipinski definition) is 0. The van der Waals surface area contributed by atoms with Crippen LogP contribution in [0.5, 0.6) is 0 Å². The molecule has 0 aromatic heterocycles. The molecule has 1 rings (SSSR count). The summed E-state index contributed by atoms with van der Waals surface area (Å²) in [7, 11) is 3.06. The Hall–Kier alpha value is -2.24. The van der Waals surface area contributed by atoms with Gasteiger partial charge in [-0.25, -0.2) is 13.6 Å². The van der Waals surface area contributed by atoms with Crippen LogP contribution in [0.4, 0.5) is 8.78 Å². The van der Waals surface area contributed by atoms with Gasteiger partial charge >= 0.3 is 5.97 Å². The quantitative estimate of drug-likeness (QED) is 0.472. The summed E-state index contributed by atoms with van der Waals surface area (Å²) in [4.78, 5) is 24.9. The summed E-state index contributed by atoms with van der Waals surface area (Å²) in [5.74, 6) is -3.18. The van der Waals surface area contributed by atoms with Gasteiger partial charge in [-0.1, -0.05) is 0 Å². The number of likely N-dealkylation sites (N-methyl/N-ethyl adjacent to an activating group) is 1. The predicted octanol–water partition coefficient (Wildman–Crippen LogP) is 2.16. The van der Waals surface area contributed by atoms with Crippen molar-refractivity contribution in [3.63, 3.8) is 0 Å². The maximum absolute atomic E-state index is 13.6. The van der Waals surface area contributed by atoms with Gasteiger partial charge in [-0.05, 0) is 19.1 Å². The Kier molecular flexibility index (Phi) is 5.37. The van der Waals surface area contributed by atoms with Crippen molar-refractivity contribution in [1.82, 2.24) is 4.90 Å². The van der Waals surface area contributed by atoms with Gasteiger partial charge in [0.1, 0.15) is 11.6 Å². The van der Waals surface area contributed by atoms with Crippen LogP contribution in [-0.2, 0) is 9.53 Å². The van der Waals surface area contributed by atoms with Gasteiger partial charge in [0.05, 0.1) is 23.9 Å². The molecule has 0 amide bonds. The van der Waals surface area contributed by atoms with Crippen LogP contribution < -0.4 is 0 Å². The van der Waals surface area contributed by atoms with Crippen molar-refractivity contribution >= 4 is 11.8 Å². The van der Waals surface area contributed by atoms with E-state index in [9.17, 15) is 18.4 Å². The molecule has 0 bridgehead atoms. The zero-order valence-corrected chi connectivity index (χ0v) is 11.4. The number of rotatable bonds is 5. The van der Waals surface area contributed by atoms with E-state index >= 15 is 0 Å². The van der Waals surface area contributed by atoms with E-state index in [4.69, 9.17) is 4.74 Å². The molecule has 4 nitrogen and oxygen atoms in total. The molecule has 0 N–H and O–H groups in total. The molecule has 0 atom stereocenters. The molecule has 0 radical (unpaired) electrons. The van der Waals surface area contributed by atoms with Crippen LogP contribution in [0, 0.1) is 11.6 Å². The fourth-order valence-corrected chi connectivity index (χ4v) is 1.50. The van der Waals surface area contributed by atoms with Crippen molar-refractivity contribution in [1.29, 1.82) is 0 Å². The number of carbonyl (C=O) groups is 2. The topological polar surface area (TPSA) is 46.6 Å². The van der Waals surface area contributed by atoms with Crippen LogP contribution in [-0.4, -0.2) is 37.4 Å². The van der Waals surface area contributed by atoms with Gasteiger partial charge in [-0.2, -0.15) is 0 Å². The molecule has 0 aliphatic heterocycles. The number of carbonyl (C=O) groups excluding carboxylic acids is 2. The number of ether oxygens (including phenoxy) is 1. The first-order chi connectivity index (χ1) is 9.36. The second-order valence-electron chi connectivity index (χ2n) is 4.13. The Balaban J connectivity index is 3.15. The first-order valence-electron chi connectivity index (χ1n) is 5.92. The Bertz CT molecular complexity index is 553. The van der Waals surface area contributed by atoms with E-state index in [2.05, 4.69) is 0 Å². The van der Waals surface area contributed by atoms with Gasteiger partial charge in [0.2, 0.25) is 5.78 Å². The smallest absolute Gasteiger partial charge is 0.332 e. The van der Waals surface area contributed by atoms with Crippen LogP contribution in [0.2, 0.25) is 0 Å². The number of nitrogens with zero attached hydrogens (tertiary/aromatic N) is 1. The lowest BCUT2D eigenvalue weighted by atomic mass is 10.1. The highest BCUT2D eigenvalue weighted by molar-refractivity contribution is 6.10. The van der Waals surface area contributed by atoms with E-state index in [1.807, 2.05) is 0 Å². The van der Waals surface area contributed by atoms with Crippen LogP contribution in [0.15, 0.2) is 30.0 Å². The third-order valence-corrected chi connectivity index (χ3v) is 2.43. The highest BCUT2D eigenvalue weighted by Gasteiger charge is 2.20. The Morgan fingerprint density at radius 2 is 1.95 bits per heavy atom. The number of esters is 1. The van der Waals surface area contributed by atoms with E-state index < -0.39 is 23.4 Å². The number of allylic oxidation sites excluding steroid dienone is 1. The number of benzene rings is 1. The SMILES string of the molecule is CCOC(=O)/C=C(/C(=O)c1ccc(F)cc1F)N(C)C. The molecule has 0 aliphatic rings. The molecule has 0 saturated heterocycles. The molecule has 108 valence electrons. The van der Waals surface area contributed by atoms with Crippen LogP contribution in [0.25, 0.3) is 0 Å². The van der Waals surface area contributed by atoms with Crippen molar-refractivity contribution in [3.8, 4) is 0 Å². The van der Waals surface area contributed by atoms with Gasteiger partial charge < -0.3 is 9.64 Å². The lowest BCUT2D eigenvalue weighted by Crippen LogP contribution is -2.22. The second kappa shape index (κ2) is 6.79. The first kappa shape index (κ1) is 15.8. The molecule has 0 heterocycles. The minimum absolute atomic E-state index is 0.0473. The molecule has 0 unspecified atom stereocenters. The lowest BCUT2D eigenvalue weighted by Gasteiger charge is -2.16. The molecule has 20 heavy (non-hydrogen) atoms. The van der Waals surface area contributed by atoms with Crippen LogP contribution >= 0.6 is 0 Å². The summed E-state index contributed by atoms with van der Waals surface area (Å²) < 4.78 is 31.1. The van der Waals surface area contributed by atoms with Gasteiger partial charge in [-0.3, -0.25) is 4.79 Å². The molecule has 6 heteroatoms. The Morgan fingerprint density at radius 3 is 2.45 bits per heavy atom. The fraction of sp³-hybridized carbons (Fsp3) is 0.286. The summed E-state index contributed by atoms with van der Waals surface area (Å²) in [6.45, 7) is 1.79. The highest BCUT2D eigenvalue weighted by atomic mass is 19.1. The summed E-state index contributed by atoms with van der Waals surface area (Å²) in [5, 5.41) is 0. The normalized spacial score (nSPS) is 11.2. The van der Waals surface area contributed by atoms with Crippen molar-refractivity contribution in [2.45, 2.75) is 6.92 Å². The van der Waals surface area contributed by atoms with Crippen molar-refractivity contribution in [3.05, 3.63) is 47.2 Å². The average molecular weight is 283 g/mol. The number of hydrogen-bond acceptors (Lipinski definition) is 4. The van der Waals surface area contributed by atoms with E-state index in [1.54, 1.807) is 6.92 Å². The van der Waals surface area contributed by atoms with Gasteiger partial charge in [0.25, 0.3) is 0 Å². The fourth-order valence-electron chi connectivity index (χ4n) is 1.50. The number of halogens is 2. The van der Waals surface area contributed by atoms with E-state index in [-0.39, 0.29) is 17.9 Å². The van der Waals surface area contributed by atoms with Gasteiger partial charge in [-0.15, -0.1) is 0 Å².